The second-order valence-corrected chi connectivity index (χ2v) is 3.78. The maximum atomic E-state index is 8.51. The maximum Gasteiger partial charge on any atom is 0.142 e. The predicted octanol–water partition coefficient (Wildman–Crippen LogP) is 0.0615. The molecule has 1 heterocycles. The Balaban J connectivity index is 2.49. The van der Waals surface area contributed by atoms with Gasteiger partial charge in [-0.05, 0) is 6.07 Å². The van der Waals surface area contributed by atoms with Crippen molar-refractivity contribution in [2.24, 2.45) is 10.9 Å². The molecule has 0 bridgehead atoms. The first-order valence-electron chi connectivity index (χ1n) is 5.70. The lowest BCUT2D eigenvalue weighted by Gasteiger charge is -2.20. The van der Waals surface area contributed by atoms with E-state index in [1.807, 2.05) is 0 Å². The molecule has 0 saturated carbocycles. The minimum Gasteiger partial charge on any atom is -0.409 e. The summed E-state index contributed by atoms with van der Waals surface area (Å²) in [6.45, 7) is 2.64. The quantitative estimate of drug-likeness (QED) is 0.294. The molecule has 0 radical (unpaired) electrons. The Kier molecular flexibility index (Phi) is 6.67. The largest absolute Gasteiger partial charge is 0.409 e. The van der Waals surface area contributed by atoms with Gasteiger partial charge < -0.3 is 15.7 Å². The lowest BCUT2D eigenvalue weighted by Crippen LogP contribution is -2.31. The van der Waals surface area contributed by atoms with Crippen LogP contribution in [0.3, 0.4) is 0 Å². The van der Waals surface area contributed by atoms with Crippen molar-refractivity contribution in [2.75, 3.05) is 26.8 Å². The zero-order chi connectivity index (χ0) is 13.2. The molecule has 0 aliphatic heterocycles. The van der Waals surface area contributed by atoms with E-state index in [2.05, 4.69) is 20.0 Å². The van der Waals surface area contributed by atoms with E-state index >= 15 is 0 Å². The second-order valence-electron chi connectivity index (χ2n) is 3.78. The van der Waals surface area contributed by atoms with Gasteiger partial charge in [0.25, 0.3) is 0 Å². The fraction of sp³-hybridized carbons (Fsp3) is 0.545. The van der Waals surface area contributed by atoms with Gasteiger partial charge in [0, 0.05) is 39.0 Å². The summed E-state index contributed by atoms with van der Waals surface area (Å²) in [5, 5.41) is 11.5. The Labute approximate surface area is 106 Å². The Bertz CT molecular complexity index is 358. The molecule has 1 aromatic heterocycles. The highest BCUT2D eigenvalue weighted by Gasteiger charge is 2.08. The lowest BCUT2D eigenvalue weighted by molar-refractivity contribution is 0.144. The van der Waals surface area contributed by atoms with E-state index in [1.165, 1.54) is 0 Å². The van der Waals surface area contributed by atoms with Gasteiger partial charge in [-0.3, -0.25) is 4.90 Å². The lowest BCUT2D eigenvalue weighted by atomic mass is 10.3. The van der Waals surface area contributed by atoms with Gasteiger partial charge >= 0.3 is 0 Å². The van der Waals surface area contributed by atoms with Crippen molar-refractivity contribution in [3.05, 3.63) is 24.3 Å². The summed E-state index contributed by atoms with van der Waals surface area (Å²) in [6.07, 6.45) is 3.91. The molecule has 0 fully saturated rings. The van der Waals surface area contributed by atoms with Crippen molar-refractivity contribution in [2.45, 2.75) is 13.0 Å². The van der Waals surface area contributed by atoms with Gasteiger partial charge in [-0.15, -0.1) is 0 Å². The van der Waals surface area contributed by atoms with Crippen LogP contribution in [0.15, 0.2) is 23.6 Å². The van der Waals surface area contributed by atoms with Gasteiger partial charge in [0.2, 0.25) is 0 Å². The van der Waals surface area contributed by atoms with E-state index in [-0.39, 0.29) is 5.84 Å². The summed E-state index contributed by atoms with van der Waals surface area (Å²) in [7, 11) is 1.65. The highest BCUT2D eigenvalue weighted by molar-refractivity contribution is 5.79. The number of amidine groups is 1. The van der Waals surface area contributed by atoms with E-state index in [0.717, 1.165) is 12.4 Å². The minimum absolute atomic E-state index is 0.214. The summed E-state index contributed by atoms with van der Waals surface area (Å²) in [4.78, 5) is 10.4. The van der Waals surface area contributed by atoms with Crippen LogP contribution >= 0.6 is 0 Å². The smallest absolute Gasteiger partial charge is 0.142 e. The van der Waals surface area contributed by atoms with Gasteiger partial charge in [0.1, 0.15) is 11.7 Å². The van der Waals surface area contributed by atoms with Crippen LogP contribution in [0.1, 0.15) is 12.2 Å². The molecular formula is C11H19N5O2. The zero-order valence-corrected chi connectivity index (χ0v) is 10.5. The summed E-state index contributed by atoms with van der Waals surface area (Å²) < 4.78 is 5.05. The summed E-state index contributed by atoms with van der Waals surface area (Å²) in [5.41, 5.74) is 5.45. The molecule has 18 heavy (non-hydrogen) atoms. The van der Waals surface area contributed by atoms with Crippen LogP contribution in [0, 0.1) is 0 Å². The van der Waals surface area contributed by atoms with Crippen LogP contribution in [0.5, 0.6) is 0 Å². The topological polar surface area (TPSA) is 96.9 Å². The molecule has 0 aliphatic rings. The number of aromatic nitrogens is 2. The van der Waals surface area contributed by atoms with Gasteiger partial charge in [0.15, 0.2) is 0 Å². The molecule has 1 rings (SSSR count). The highest BCUT2D eigenvalue weighted by atomic mass is 16.5. The average Bonchev–Trinajstić information content (AvgIpc) is 2.42. The number of nitrogens with zero attached hydrogens (tertiary/aromatic N) is 4. The zero-order valence-electron chi connectivity index (χ0n) is 10.5. The Morgan fingerprint density at radius 1 is 1.44 bits per heavy atom. The molecule has 0 saturated heterocycles. The number of rotatable bonds is 8. The van der Waals surface area contributed by atoms with Gasteiger partial charge in [-0.1, -0.05) is 5.16 Å². The maximum absolute atomic E-state index is 8.51. The SMILES string of the molecule is COCCN(CCC(N)=NO)Cc1ncccn1. The van der Waals surface area contributed by atoms with Gasteiger partial charge in [-0.25, -0.2) is 9.97 Å². The number of hydrogen-bond donors (Lipinski definition) is 2. The van der Waals surface area contributed by atoms with E-state index in [1.54, 1.807) is 25.6 Å². The molecule has 100 valence electrons. The van der Waals surface area contributed by atoms with Crippen LogP contribution < -0.4 is 5.73 Å². The van der Waals surface area contributed by atoms with Crippen LogP contribution in [0.25, 0.3) is 0 Å². The number of ether oxygens (including phenoxy) is 1. The molecular weight excluding hydrogens is 234 g/mol. The molecule has 0 amide bonds. The number of methoxy groups -OCH3 is 1. The Hall–Kier alpha value is -1.73. The second kappa shape index (κ2) is 8.37. The first-order valence-corrected chi connectivity index (χ1v) is 5.70. The Morgan fingerprint density at radius 2 is 2.17 bits per heavy atom. The third kappa shape index (κ3) is 5.55. The number of oxime groups is 1. The average molecular weight is 253 g/mol. The van der Waals surface area contributed by atoms with Crippen molar-refractivity contribution in [1.29, 1.82) is 0 Å². The molecule has 0 unspecified atom stereocenters. The highest BCUT2D eigenvalue weighted by Crippen LogP contribution is 1.99. The molecule has 0 atom stereocenters. The first kappa shape index (κ1) is 14.3. The number of nitrogens with two attached hydrogens (primary N) is 1. The van der Waals surface area contributed by atoms with Crippen LogP contribution in [-0.4, -0.2) is 52.7 Å². The monoisotopic (exact) mass is 253 g/mol. The molecule has 0 aliphatic carbocycles. The fourth-order valence-electron chi connectivity index (χ4n) is 1.42. The van der Waals surface area contributed by atoms with E-state index in [9.17, 15) is 0 Å². The molecule has 7 heteroatoms. The number of hydrogen-bond acceptors (Lipinski definition) is 6. The molecule has 7 nitrogen and oxygen atoms in total. The Morgan fingerprint density at radius 3 is 2.78 bits per heavy atom. The van der Waals surface area contributed by atoms with Crippen molar-refractivity contribution >= 4 is 5.84 Å². The third-order valence-corrected chi connectivity index (χ3v) is 2.41. The van der Waals surface area contributed by atoms with E-state index in [4.69, 9.17) is 15.7 Å². The van der Waals surface area contributed by atoms with Crippen molar-refractivity contribution in [3.8, 4) is 0 Å². The first-order chi connectivity index (χ1) is 8.76. The summed E-state index contributed by atoms with van der Waals surface area (Å²) >= 11 is 0. The van der Waals surface area contributed by atoms with Crippen molar-refractivity contribution in [3.63, 3.8) is 0 Å². The standard InChI is InChI=1S/C11H19N5O2/c1-18-8-7-16(6-3-10(12)15-17)9-11-13-4-2-5-14-11/h2,4-5,17H,3,6-9H2,1H3,(H2,12,15). The van der Waals surface area contributed by atoms with Gasteiger partial charge in [-0.2, -0.15) is 0 Å². The molecule has 0 spiro atoms. The normalized spacial score (nSPS) is 12.0. The van der Waals surface area contributed by atoms with Crippen LogP contribution in [0.2, 0.25) is 0 Å². The predicted molar refractivity (Wildman–Crippen MR) is 67.2 cm³/mol. The molecule has 3 N–H and O–H groups in total. The summed E-state index contributed by atoms with van der Waals surface area (Å²) in [5.74, 6) is 0.958. The van der Waals surface area contributed by atoms with Crippen LogP contribution in [-0.2, 0) is 11.3 Å². The van der Waals surface area contributed by atoms with Crippen LogP contribution in [0.4, 0.5) is 0 Å². The van der Waals surface area contributed by atoms with Gasteiger partial charge in [0.05, 0.1) is 13.2 Å². The molecule has 1 aromatic rings. The minimum atomic E-state index is 0.214. The fourth-order valence-corrected chi connectivity index (χ4v) is 1.42. The van der Waals surface area contributed by atoms with Crippen molar-refractivity contribution < 1.29 is 9.94 Å². The van der Waals surface area contributed by atoms with Crippen molar-refractivity contribution in [1.82, 2.24) is 14.9 Å². The summed E-state index contributed by atoms with van der Waals surface area (Å²) in [6, 6.07) is 1.78. The van der Waals surface area contributed by atoms with E-state index < -0.39 is 0 Å². The molecule has 0 aromatic carbocycles. The van der Waals surface area contributed by atoms with E-state index in [0.29, 0.717) is 26.1 Å². The third-order valence-electron chi connectivity index (χ3n) is 2.41.